The Kier molecular flexibility index (Phi) is 3.81. The van der Waals surface area contributed by atoms with Crippen LogP contribution in [0.5, 0.6) is 11.5 Å². The molecule has 0 unspecified atom stereocenters. The van der Waals surface area contributed by atoms with Gasteiger partial charge in [-0.25, -0.2) is 0 Å². The minimum atomic E-state index is 0.501. The Labute approximate surface area is 126 Å². The minimum Gasteiger partial charge on any atom is -0.493 e. The van der Waals surface area contributed by atoms with Crippen molar-refractivity contribution in [1.82, 2.24) is 0 Å². The molecular weight excluding hydrogens is 292 g/mol. The first kappa shape index (κ1) is 13.3. The Morgan fingerprint density at radius 1 is 1.10 bits per heavy atom. The van der Waals surface area contributed by atoms with E-state index < -0.39 is 0 Å². The Hall–Kier alpha value is -1.71. The van der Waals surface area contributed by atoms with Crippen molar-refractivity contribution >= 4 is 33.0 Å². The van der Waals surface area contributed by atoms with Gasteiger partial charge in [0.25, 0.3) is 0 Å². The van der Waals surface area contributed by atoms with E-state index in [1.165, 1.54) is 4.70 Å². The maximum absolute atomic E-state index is 6.06. The zero-order valence-corrected chi connectivity index (χ0v) is 12.5. The number of rotatable bonds is 4. The second-order valence-corrected chi connectivity index (χ2v) is 5.69. The van der Waals surface area contributed by atoms with Gasteiger partial charge in [0, 0.05) is 20.7 Å². The predicted molar refractivity (Wildman–Crippen MR) is 84.2 cm³/mol. The lowest BCUT2D eigenvalue weighted by Crippen LogP contribution is -1.96. The van der Waals surface area contributed by atoms with Crippen molar-refractivity contribution in [2.24, 2.45) is 0 Å². The number of halogens is 1. The number of fused-ring (bicyclic) bond motifs is 1. The lowest BCUT2D eigenvalue weighted by atomic mass is 10.2. The van der Waals surface area contributed by atoms with Crippen molar-refractivity contribution in [3.8, 4) is 11.5 Å². The van der Waals surface area contributed by atoms with E-state index in [1.54, 1.807) is 18.4 Å². The lowest BCUT2D eigenvalue weighted by Gasteiger charge is -2.09. The quantitative estimate of drug-likeness (QED) is 0.664. The first-order valence-corrected chi connectivity index (χ1v) is 7.45. The van der Waals surface area contributed by atoms with Gasteiger partial charge in [0.1, 0.15) is 6.61 Å². The fourth-order valence-corrected chi connectivity index (χ4v) is 3.16. The Morgan fingerprint density at radius 2 is 1.90 bits per heavy atom. The Bertz CT molecular complexity index is 736. The molecule has 0 atom stereocenters. The molecule has 20 heavy (non-hydrogen) atoms. The monoisotopic (exact) mass is 304 g/mol. The normalized spacial score (nSPS) is 10.7. The number of para-hydroxylation sites is 2. The summed E-state index contributed by atoms with van der Waals surface area (Å²) in [4.78, 5) is 0. The summed E-state index contributed by atoms with van der Waals surface area (Å²) in [6.07, 6.45) is 0. The van der Waals surface area contributed by atoms with Crippen LogP contribution in [0.25, 0.3) is 10.1 Å². The molecule has 0 saturated carbocycles. The number of benzene rings is 2. The van der Waals surface area contributed by atoms with Gasteiger partial charge >= 0.3 is 0 Å². The summed E-state index contributed by atoms with van der Waals surface area (Å²) in [6, 6.07) is 13.6. The maximum atomic E-state index is 6.06. The summed E-state index contributed by atoms with van der Waals surface area (Å²) in [5, 5.41) is 4.00. The molecule has 0 saturated heterocycles. The van der Waals surface area contributed by atoms with Gasteiger partial charge < -0.3 is 9.47 Å². The fourth-order valence-electron chi connectivity index (χ4n) is 2.06. The molecule has 0 fully saturated rings. The van der Waals surface area contributed by atoms with Crippen molar-refractivity contribution in [2.45, 2.75) is 6.61 Å². The predicted octanol–water partition coefficient (Wildman–Crippen LogP) is 5.14. The van der Waals surface area contributed by atoms with E-state index in [-0.39, 0.29) is 0 Å². The van der Waals surface area contributed by atoms with Crippen LogP contribution in [0, 0.1) is 0 Å². The van der Waals surface area contributed by atoms with Crippen molar-refractivity contribution in [2.75, 3.05) is 7.11 Å². The highest BCUT2D eigenvalue weighted by Gasteiger charge is 2.07. The molecule has 0 bridgehead atoms. The first-order chi connectivity index (χ1) is 9.78. The first-order valence-electron chi connectivity index (χ1n) is 6.19. The van der Waals surface area contributed by atoms with Crippen LogP contribution in [0.2, 0.25) is 5.02 Å². The van der Waals surface area contributed by atoms with Gasteiger partial charge in [0.15, 0.2) is 11.5 Å². The van der Waals surface area contributed by atoms with E-state index in [9.17, 15) is 0 Å². The molecule has 4 heteroatoms. The molecule has 0 aliphatic rings. The molecule has 0 N–H and O–H groups in total. The number of hydrogen-bond donors (Lipinski definition) is 0. The molecule has 1 aromatic heterocycles. The molecule has 3 aromatic rings. The van der Waals surface area contributed by atoms with Crippen LogP contribution in [0.15, 0.2) is 47.8 Å². The lowest BCUT2D eigenvalue weighted by molar-refractivity contribution is 0.286. The summed E-state index contributed by atoms with van der Waals surface area (Å²) in [7, 11) is 1.64. The SMILES string of the molecule is COc1ccccc1OCc1csc2ccc(Cl)cc12. The summed E-state index contributed by atoms with van der Waals surface area (Å²) in [5.41, 5.74) is 1.14. The van der Waals surface area contributed by atoms with Gasteiger partial charge in [0.05, 0.1) is 7.11 Å². The highest BCUT2D eigenvalue weighted by Crippen LogP contribution is 2.31. The molecule has 0 amide bonds. The highest BCUT2D eigenvalue weighted by atomic mass is 35.5. The van der Waals surface area contributed by atoms with Crippen molar-refractivity contribution in [3.05, 3.63) is 58.4 Å². The largest absolute Gasteiger partial charge is 0.493 e. The molecule has 3 rings (SSSR count). The zero-order chi connectivity index (χ0) is 13.9. The maximum Gasteiger partial charge on any atom is 0.161 e. The van der Waals surface area contributed by atoms with Crippen LogP contribution in [0.4, 0.5) is 0 Å². The summed E-state index contributed by atoms with van der Waals surface area (Å²) in [6.45, 7) is 0.501. The van der Waals surface area contributed by atoms with Gasteiger partial charge in [-0.3, -0.25) is 0 Å². The van der Waals surface area contributed by atoms with Crippen LogP contribution < -0.4 is 9.47 Å². The summed E-state index contributed by atoms with van der Waals surface area (Å²) >= 11 is 7.75. The van der Waals surface area contributed by atoms with E-state index >= 15 is 0 Å². The number of hydrogen-bond acceptors (Lipinski definition) is 3. The summed E-state index contributed by atoms with van der Waals surface area (Å²) < 4.78 is 12.4. The smallest absolute Gasteiger partial charge is 0.161 e. The molecule has 0 spiro atoms. The molecule has 0 aliphatic carbocycles. The number of ether oxygens (including phenoxy) is 2. The minimum absolute atomic E-state index is 0.501. The zero-order valence-electron chi connectivity index (χ0n) is 10.9. The molecular formula is C16H13ClO2S. The number of methoxy groups -OCH3 is 1. The van der Waals surface area contributed by atoms with Gasteiger partial charge in [0.2, 0.25) is 0 Å². The highest BCUT2D eigenvalue weighted by molar-refractivity contribution is 7.17. The van der Waals surface area contributed by atoms with Crippen LogP contribution >= 0.6 is 22.9 Å². The molecule has 0 radical (unpaired) electrons. The third-order valence-corrected chi connectivity index (χ3v) is 4.32. The van der Waals surface area contributed by atoms with Crippen LogP contribution in [-0.4, -0.2) is 7.11 Å². The van der Waals surface area contributed by atoms with Crippen LogP contribution in [0.3, 0.4) is 0 Å². The average Bonchev–Trinajstić information content (AvgIpc) is 2.87. The third-order valence-electron chi connectivity index (χ3n) is 3.07. The van der Waals surface area contributed by atoms with E-state index in [2.05, 4.69) is 5.38 Å². The van der Waals surface area contributed by atoms with Crippen molar-refractivity contribution < 1.29 is 9.47 Å². The van der Waals surface area contributed by atoms with E-state index in [0.29, 0.717) is 6.61 Å². The Balaban J connectivity index is 1.85. The fraction of sp³-hybridized carbons (Fsp3) is 0.125. The van der Waals surface area contributed by atoms with Crippen LogP contribution in [-0.2, 0) is 6.61 Å². The average molecular weight is 305 g/mol. The topological polar surface area (TPSA) is 18.5 Å². The van der Waals surface area contributed by atoms with Gasteiger partial charge in [-0.05, 0) is 35.7 Å². The second-order valence-electron chi connectivity index (χ2n) is 4.34. The Morgan fingerprint density at radius 3 is 2.70 bits per heavy atom. The molecule has 102 valence electrons. The van der Waals surface area contributed by atoms with E-state index in [0.717, 1.165) is 27.5 Å². The van der Waals surface area contributed by atoms with E-state index in [1.807, 2.05) is 42.5 Å². The molecule has 2 aromatic carbocycles. The van der Waals surface area contributed by atoms with Crippen molar-refractivity contribution in [1.29, 1.82) is 0 Å². The molecule has 1 heterocycles. The van der Waals surface area contributed by atoms with E-state index in [4.69, 9.17) is 21.1 Å². The molecule has 2 nitrogen and oxygen atoms in total. The van der Waals surface area contributed by atoms with Crippen molar-refractivity contribution in [3.63, 3.8) is 0 Å². The standard InChI is InChI=1S/C16H13ClO2S/c1-18-14-4-2-3-5-15(14)19-9-11-10-20-16-7-6-12(17)8-13(11)16/h2-8,10H,9H2,1H3. The third kappa shape index (κ3) is 2.60. The number of thiophene rings is 1. The van der Waals surface area contributed by atoms with Crippen LogP contribution in [0.1, 0.15) is 5.56 Å². The van der Waals surface area contributed by atoms with Gasteiger partial charge in [-0.1, -0.05) is 23.7 Å². The summed E-state index contributed by atoms with van der Waals surface area (Å²) in [5.74, 6) is 1.49. The van der Waals surface area contributed by atoms with Gasteiger partial charge in [-0.2, -0.15) is 0 Å². The molecule has 0 aliphatic heterocycles. The second kappa shape index (κ2) is 5.73. The van der Waals surface area contributed by atoms with Gasteiger partial charge in [-0.15, -0.1) is 11.3 Å².